The third-order valence-corrected chi connectivity index (χ3v) is 5.13. The van der Waals surface area contributed by atoms with Gasteiger partial charge in [-0.2, -0.15) is 0 Å². The van der Waals surface area contributed by atoms with Gasteiger partial charge in [0.15, 0.2) is 5.78 Å². The zero-order chi connectivity index (χ0) is 21.3. The highest BCUT2D eigenvalue weighted by atomic mass is 16.5. The molecule has 6 heteroatoms. The molecule has 1 unspecified atom stereocenters. The highest BCUT2D eigenvalue weighted by Crippen LogP contribution is 2.45. The van der Waals surface area contributed by atoms with Gasteiger partial charge < -0.3 is 14.6 Å². The maximum absolute atomic E-state index is 12.9. The van der Waals surface area contributed by atoms with E-state index in [4.69, 9.17) is 9.47 Å². The zero-order valence-corrected chi connectivity index (χ0v) is 16.1. The Morgan fingerprint density at radius 2 is 1.67 bits per heavy atom. The summed E-state index contributed by atoms with van der Waals surface area (Å²) in [6.45, 7) is 0. The zero-order valence-electron chi connectivity index (χ0n) is 16.1. The molecule has 150 valence electrons. The Bertz CT molecular complexity index is 1130. The van der Waals surface area contributed by atoms with E-state index in [1.54, 1.807) is 54.6 Å². The molecule has 3 aromatic rings. The monoisotopic (exact) mass is 402 g/mol. The van der Waals surface area contributed by atoms with Crippen LogP contribution in [-0.4, -0.2) is 29.9 Å². The van der Waals surface area contributed by atoms with Crippen LogP contribution in [0.1, 0.15) is 49.7 Å². The van der Waals surface area contributed by atoms with E-state index in [-0.39, 0.29) is 29.3 Å². The summed E-state index contributed by atoms with van der Waals surface area (Å²) in [5.41, 5.74) is 2.04. The van der Waals surface area contributed by atoms with Crippen LogP contribution in [0.4, 0.5) is 0 Å². The smallest absolute Gasteiger partial charge is 0.337 e. The second kappa shape index (κ2) is 7.83. The minimum Gasteiger partial charge on any atom is -0.507 e. The van der Waals surface area contributed by atoms with Crippen molar-refractivity contribution in [2.24, 2.45) is 0 Å². The number of ether oxygens (including phenoxy) is 2. The Balaban J connectivity index is 1.78. The number of rotatable bonds is 4. The van der Waals surface area contributed by atoms with Gasteiger partial charge in [-0.3, -0.25) is 9.59 Å². The predicted molar refractivity (Wildman–Crippen MR) is 108 cm³/mol. The van der Waals surface area contributed by atoms with E-state index in [2.05, 4.69) is 0 Å². The van der Waals surface area contributed by atoms with Gasteiger partial charge in [0.1, 0.15) is 11.5 Å². The largest absolute Gasteiger partial charge is 0.507 e. The molecular formula is C24H18O6. The van der Waals surface area contributed by atoms with Gasteiger partial charge in [-0.05, 0) is 29.8 Å². The van der Waals surface area contributed by atoms with Crippen LogP contribution in [-0.2, 0) is 9.53 Å². The lowest BCUT2D eigenvalue weighted by atomic mass is 9.83. The summed E-state index contributed by atoms with van der Waals surface area (Å²) in [5.74, 6) is -1.75. The Labute approximate surface area is 172 Å². The normalized spacial score (nSPS) is 15.1. The van der Waals surface area contributed by atoms with Crippen molar-refractivity contribution in [1.82, 2.24) is 0 Å². The maximum Gasteiger partial charge on any atom is 0.337 e. The number of aromatic hydroxyl groups is 1. The van der Waals surface area contributed by atoms with Crippen LogP contribution >= 0.6 is 0 Å². The van der Waals surface area contributed by atoms with E-state index in [9.17, 15) is 19.5 Å². The van der Waals surface area contributed by atoms with E-state index in [0.29, 0.717) is 22.3 Å². The molecule has 0 saturated carbocycles. The number of phenolic OH excluding ortho intramolecular Hbond substituents is 1. The summed E-state index contributed by atoms with van der Waals surface area (Å²) in [6.07, 6.45) is 0.00110. The predicted octanol–water partition coefficient (Wildman–Crippen LogP) is 3.85. The molecule has 30 heavy (non-hydrogen) atoms. The lowest BCUT2D eigenvalue weighted by Crippen LogP contribution is -2.22. The second-order valence-electron chi connectivity index (χ2n) is 6.91. The first-order valence-electron chi connectivity index (χ1n) is 9.34. The van der Waals surface area contributed by atoms with E-state index in [1.165, 1.54) is 19.2 Å². The lowest BCUT2D eigenvalue weighted by molar-refractivity contribution is -0.135. The topological polar surface area (TPSA) is 89.9 Å². The number of benzene rings is 3. The van der Waals surface area contributed by atoms with Crippen LogP contribution in [0.3, 0.4) is 0 Å². The van der Waals surface area contributed by atoms with Crippen LogP contribution in [0.15, 0.2) is 66.7 Å². The van der Waals surface area contributed by atoms with Crippen molar-refractivity contribution in [2.75, 3.05) is 7.11 Å². The Morgan fingerprint density at radius 1 is 0.967 bits per heavy atom. The molecule has 0 radical (unpaired) electrons. The molecule has 0 bridgehead atoms. The fourth-order valence-electron chi connectivity index (χ4n) is 3.63. The van der Waals surface area contributed by atoms with Gasteiger partial charge in [0, 0.05) is 17.0 Å². The van der Waals surface area contributed by atoms with E-state index in [1.807, 2.05) is 0 Å². The summed E-state index contributed by atoms with van der Waals surface area (Å²) < 4.78 is 10.0. The first-order chi connectivity index (χ1) is 14.5. The standard InChI is InChI=1S/C24H18O6/c1-29-24(28)16-9-7-14(8-10-16)18-13-20(25)30-19-12-11-17(23(27)21(18)19)22(26)15-5-3-2-4-6-15/h2-12,18,27H,13H2,1H3. The highest BCUT2D eigenvalue weighted by molar-refractivity contribution is 6.11. The number of hydrogen-bond acceptors (Lipinski definition) is 6. The maximum atomic E-state index is 12.9. The summed E-state index contributed by atoms with van der Waals surface area (Å²) >= 11 is 0. The molecular weight excluding hydrogens is 384 g/mol. The van der Waals surface area contributed by atoms with Crippen LogP contribution in [0.25, 0.3) is 0 Å². The molecule has 0 aliphatic carbocycles. The number of phenols is 1. The Hall–Kier alpha value is -3.93. The van der Waals surface area contributed by atoms with Crippen molar-refractivity contribution in [3.8, 4) is 11.5 Å². The van der Waals surface area contributed by atoms with Crippen LogP contribution in [0.2, 0.25) is 0 Å². The molecule has 0 saturated heterocycles. The molecule has 0 amide bonds. The van der Waals surface area contributed by atoms with E-state index >= 15 is 0 Å². The minimum absolute atomic E-state index is 0.00110. The molecule has 1 aliphatic heterocycles. The number of methoxy groups -OCH3 is 1. The van der Waals surface area contributed by atoms with Gasteiger partial charge >= 0.3 is 11.9 Å². The Morgan fingerprint density at radius 3 is 2.33 bits per heavy atom. The number of carbonyl (C=O) groups excluding carboxylic acids is 3. The summed E-state index contributed by atoms with van der Waals surface area (Å²) in [7, 11) is 1.30. The molecule has 3 aromatic carbocycles. The number of ketones is 1. The van der Waals surface area contributed by atoms with Crippen LogP contribution in [0.5, 0.6) is 11.5 Å². The molecule has 1 heterocycles. The second-order valence-corrected chi connectivity index (χ2v) is 6.91. The molecule has 4 rings (SSSR count). The van der Waals surface area contributed by atoms with Gasteiger partial charge in [0.05, 0.1) is 24.7 Å². The lowest BCUT2D eigenvalue weighted by Gasteiger charge is -2.26. The summed E-state index contributed by atoms with van der Waals surface area (Å²) in [5, 5.41) is 11.0. The molecule has 1 aliphatic rings. The average Bonchev–Trinajstić information content (AvgIpc) is 2.78. The van der Waals surface area contributed by atoms with E-state index < -0.39 is 17.9 Å². The van der Waals surface area contributed by atoms with Gasteiger partial charge in [-0.25, -0.2) is 4.79 Å². The molecule has 6 nitrogen and oxygen atoms in total. The van der Waals surface area contributed by atoms with Crippen molar-refractivity contribution in [1.29, 1.82) is 0 Å². The van der Waals surface area contributed by atoms with Crippen molar-refractivity contribution in [3.63, 3.8) is 0 Å². The molecule has 0 spiro atoms. The van der Waals surface area contributed by atoms with Crippen molar-refractivity contribution in [3.05, 3.63) is 94.5 Å². The average molecular weight is 402 g/mol. The molecule has 0 fully saturated rings. The fraction of sp³-hybridized carbons (Fsp3) is 0.125. The SMILES string of the molecule is COC(=O)c1ccc(C2CC(=O)Oc3ccc(C(=O)c4ccccc4)c(O)c32)cc1. The quantitative estimate of drug-likeness (QED) is 0.405. The number of carbonyl (C=O) groups is 3. The molecule has 1 atom stereocenters. The molecule has 1 N–H and O–H groups in total. The number of fused-ring (bicyclic) bond motifs is 1. The fourth-order valence-corrected chi connectivity index (χ4v) is 3.63. The van der Waals surface area contributed by atoms with Crippen molar-refractivity contribution < 1.29 is 29.0 Å². The highest BCUT2D eigenvalue weighted by Gasteiger charge is 2.33. The van der Waals surface area contributed by atoms with Gasteiger partial charge in [-0.1, -0.05) is 42.5 Å². The van der Waals surface area contributed by atoms with E-state index in [0.717, 1.165) is 0 Å². The minimum atomic E-state index is -0.517. The van der Waals surface area contributed by atoms with Crippen molar-refractivity contribution >= 4 is 17.7 Å². The Kier molecular flexibility index (Phi) is 5.06. The van der Waals surface area contributed by atoms with Gasteiger partial charge in [-0.15, -0.1) is 0 Å². The van der Waals surface area contributed by atoms with Crippen LogP contribution < -0.4 is 4.74 Å². The summed E-state index contributed by atoms with van der Waals surface area (Å²) in [4.78, 5) is 36.7. The summed E-state index contributed by atoms with van der Waals surface area (Å²) in [6, 6.07) is 18.2. The third-order valence-electron chi connectivity index (χ3n) is 5.13. The van der Waals surface area contributed by atoms with Crippen LogP contribution in [0, 0.1) is 0 Å². The molecule has 0 aromatic heterocycles. The van der Waals surface area contributed by atoms with Gasteiger partial charge in [0.2, 0.25) is 0 Å². The first kappa shape index (κ1) is 19.4. The van der Waals surface area contributed by atoms with Gasteiger partial charge in [0.25, 0.3) is 0 Å². The first-order valence-corrected chi connectivity index (χ1v) is 9.34. The number of hydrogen-bond donors (Lipinski definition) is 1. The third kappa shape index (κ3) is 3.43. The number of esters is 2. The van der Waals surface area contributed by atoms with Crippen molar-refractivity contribution in [2.45, 2.75) is 12.3 Å².